The Morgan fingerprint density at radius 1 is 1.20 bits per heavy atom. The molecule has 2 fully saturated rings. The molecule has 0 amide bonds. The van der Waals surface area contributed by atoms with E-state index in [9.17, 15) is 4.39 Å². The van der Waals surface area contributed by atoms with E-state index in [-0.39, 0.29) is 5.73 Å². The van der Waals surface area contributed by atoms with Crippen LogP contribution in [0, 0.1) is 12.3 Å². The molecule has 5 nitrogen and oxygen atoms in total. The van der Waals surface area contributed by atoms with E-state index in [0.29, 0.717) is 31.6 Å². The van der Waals surface area contributed by atoms with Gasteiger partial charge in [-0.1, -0.05) is 5.92 Å². The Balaban J connectivity index is 1.69. The van der Waals surface area contributed by atoms with Crippen LogP contribution in [0.4, 0.5) is 10.2 Å². The lowest BCUT2D eigenvalue weighted by Gasteiger charge is -2.32. The first-order valence-electron chi connectivity index (χ1n) is 8.50. The molecule has 3 heterocycles. The molecular formula is C18H23BFN3O2. The average molecular weight is 343 g/mol. The molecule has 0 saturated carbocycles. The van der Waals surface area contributed by atoms with Gasteiger partial charge in [0.05, 0.1) is 11.2 Å². The number of rotatable bonds is 2. The van der Waals surface area contributed by atoms with Crippen LogP contribution in [-0.4, -0.2) is 41.4 Å². The van der Waals surface area contributed by atoms with Gasteiger partial charge in [0, 0.05) is 19.2 Å². The molecule has 7 heteroatoms. The summed E-state index contributed by atoms with van der Waals surface area (Å²) in [5, 5.41) is 0. The highest BCUT2D eigenvalue weighted by molar-refractivity contribution is 6.53. The highest BCUT2D eigenvalue weighted by Gasteiger charge is 2.53. The van der Waals surface area contributed by atoms with Crippen LogP contribution in [0.15, 0.2) is 23.7 Å². The van der Waals surface area contributed by atoms with Crippen LogP contribution in [0.3, 0.4) is 0 Å². The molecule has 0 atom stereocenters. The molecule has 2 saturated heterocycles. The summed E-state index contributed by atoms with van der Waals surface area (Å²) in [6.45, 7) is 9.03. The highest BCUT2D eigenvalue weighted by Crippen LogP contribution is 2.40. The molecule has 25 heavy (non-hydrogen) atoms. The van der Waals surface area contributed by atoms with E-state index in [1.807, 2.05) is 27.7 Å². The average Bonchev–Trinajstić information content (AvgIpc) is 2.82. The molecular weight excluding hydrogens is 320 g/mol. The molecule has 3 rings (SSSR count). The second kappa shape index (κ2) is 6.43. The van der Waals surface area contributed by atoms with E-state index in [4.69, 9.17) is 15.7 Å². The van der Waals surface area contributed by atoms with Crippen molar-refractivity contribution in [1.29, 1.82) is 0 Å². The molecule has 0 unspecified atom stereocenters. The minimum atomic E-state index is -0.918. The number of aromatic nitrogens is 2. The minimum Gasteiger partial charge on any atom is -0.398 e. The van der Waals surface area contributed by atoms with Gasteiger partial charge >= 0.3 is 7.12 Å². The van der Waals surface area contributed by atoms with Gasteiger partial charge in [-0.05, 0) is 46.1 Å². The van der Waals surface area contributed by atoms with Gasteiger partial charge in [0.15, 0.2) is 0 Å². The third-order valence-electron chi connectivity index (χ3n) is 5.29. The number of hydrogen-bond donors (Lipinski definition) is 0. The zero-order valence-corrected chi connectivity index (χ0v) is 15.2. The summed E-state index contributed by atoms with van der Waals surface area (Å²) in [6.07, 6.45) is 8.04. The number of piperidine rings is 1. The molecule has 0 aromatic carbocycles. The smallest absolute Gasteiger partial charge is 0.398 e. The quantitative estimate of drug-likeness (QED) is 0.610. The number of nitrogens with zero attached hydrogens (tertiary/aromatic N) is 3. The summed E-state index contributed by atoms with van der Waals surface area (Å²) in [5.74, 6) is 3.28. The molecule has 0 N–H and O–H groups in total. The molecule has 2 aliphatic heterocycles. The van der Waals surface area contributed by atoms with E-state index in [1.165, 1.54) is 6.33 Å². The van der Waals surface area contributed by atoms with Crippen LogP contribution in [0.5, 0.6) is 0 Å². The Morgan fingerprint density at radius 2 is 1.80 bits per heavy atom. The number of halogens is 1. The predicted molar refractivity (Wildman–Crippen MR) is 95.6 cm³/mol. The molecule has 1 aromatic rings. The topological polar surface area (TPSA) is 47.5 Å². The first-order valence-corrected chi connectivity index (χ1v) is 8.50. The van der Waals surface area contributed by atoms with Crippen molar-refractivity contribution in [2.24, 2.45) is 0 Å². The number of terminal acetylenes is 1. The van der Waals surface area contributed by atoms with Crippen LogP contribution in [-0.2, 0) is 9.31 Å². The fourth-order valence-corrected chi connectivity index (χ4v) is 2.96. The molecule has 0 bridgehead atoms. The second-order valence-corrected chi connectivity index (χ2v) is 7.43. The first-order chi connectivity index (χ1) is 11.7. The SMILES string of the molecule is C#Cc1cc(N2CCC(=C(F)B3OC(C)(C)C(C)(C)O3)CC2)ncn1. The van der Waals surface area contributed by atoms with Gasteiger partial charge in [-0.3, -0.25) is 0 Å². The van der Waals surface area contributed by atoms with Gasteiger partial charge in [-0.25, -0.2) is 14.4 Å². The summed E-state index contributed by atoms with van der Waals surface area (Å²) >= 11 is 0. The van der Waals surface area contributed by atoms with Crippen molar-refractivity contribution in [3.05, 3.63) is 29.4 Å². The van der Waals surface area contributed by atoms with Gasteiger partial charge in [0.25, 0.3) is 0 Å². The summed E-state index contributed by atoms with van der Waals surface area (Å²) in [5.41, 5.74) is -0.0628. The first kappa shape index (κ1) is 17.9. The maximum absolute atomic E-state index is 14.9. The van der Waals surface area contributed by atoms with Crippen LogP contribution in [0.25, 0.3) is 0 Å². The van der Waals surface area contributed by atoms with Crippen LogP contribution in [0.1, 0.15) is 46.2 Å². The summed E-state index contributed by atoms with van der Waals surface area (Å²) < 4.78 is 26.5. The van der Waals surface area contributed by atoms with E-state index in [0.717, 1.165) is 11.4 Å². The molecule has 0 spiro atoms. The van der Waals surface area contributed by atoms with Crippen molar-refractivity contribution in [3.63, 3.8) is 0 Å². The summed E-state index contributed by atoms with van der Waals surface area (Å²) in [6, 6.07) is 1.78. The predicted octanol–water partition coefficient (Wildman–Crippen LogP) is 2.91. The lowest BCUT2D eigenvalue weighted by Crippen LogP contribution is -2.41. The number of hydrogen-bond acceptors (Lipinski definition) is 5. The van der Waals surface area contributed by atoms with Crippen molar-refractivity contribution in [3.8, 4) is 12.3 Å². The van der Waals surface area contributed by atoms with Crippen LogP contribution < -0.4 is 4.90 Å². The number of anilines is 1. The maximum atomic E-state index is 14.9. The summed E-state index contributed by atoms with van der Waals surface area (Å²) in [4.78, 5) is 10.3. The normalized spacial score (nSPS) is 22.0. The van der Waals surface area contributed by atoms with Crippen LogP contribution >= 0.6 is 0 Å². The summed E-state index contributed by atoms with van der Waals surface area (Å²) in [7, 11) is -0.918. The van der Waals surface area contributed by atoms with Gasteiger partial charge in [0.2, 0.25) is 0 Å². The van der Waals surface area contributed by atoms with Gasteiger partial charge in [0.1, 0.15) is 23.6 Å². The minimum absolute atomic E-state index is 0.287. The zero-order valence-electron chi connectivity index (χ0n) is 15.2. The highest BCUT2D eigenvalue weighted by atomic mass is 19.1. The lowest BCUT2D eigenvalue weighted by molar-refractivity contribution is 0.00578. The van der Waals surface area contributed by atoms with Crippen molar-refractivity contribution in [2.75, 3.05) is 18.0 Å². The largest absolute Gasteiger partial charge is 0.525 e. The standard InChI is InChI=1S/C18H23BFN3O2/c1-6-14-11-15(22-12-21-14)23-9-7-13(8-10-23)16(20)19-24-17(2,3)18(4,5)25-19/h1,11-12H,7-10H2,2-5H3. The molecule has 2 aliphatic rings. The maximum Gasteiger partial charge on any atom is 0.525 e. The van der Waals surface area contributed by atoms with Gasteiger partial charge in [-0.15, -0.1) is 6.42 Å². The Kier molecular flexibility index (Phi) is 4.61. The Bertz CT molecular complexity index is 716. The molecule has 1 aromatic heterocycles. The van der Waals surface area contributed by atoms with Crippen molar-refractivity contribution < 1.29 is 13.7 Å². The van der Waals surface area contributed by atoms with E-state index in [2.05, 4.69) is 20.8 Å². The Hall–Kier alpha value is -1.91. The third-order valence-corrected chi connectivity index (χ3v) is 5.29. The van der Waals surface area contributed by atoms with Crippen molar-refractivity contribution >= 4 is 12.9 Å². The molecule has 132 valence electrons. The van der Waals surface area contributed by atoms with Crippen molar-refractivity contribution in [1.82, 2.24) is 9.97 Å². The lowest BCUT2D eigenvalue weighted by atomic mass is 9.82. The molecule has 0 radical (unpaired) electrons. The van der Waals surface area contributed by atoms with Crippen LogP contribution in [0.2, 0.25) is 0 Å². The van der Waals surface area contributed by atoms with E-state index < -0.39 is 18.3 Å². The van der Waals surface area contributed by atoms with E-state index >= 15 is 0 Å². The monoisotopic (exact) mass is 343 g/mol. The fraction of sp³-hybridized carbons (Fsp3) is 0.556. The van der Waals surface area contributed by atoms with Crippen molar-refractivity contribution in [2.45, 2.75) is 51.7 Å². The van der Waals surface area contributed by atoms with Gasteiger partial charge < -0.3 is 14.2 Å². The van der Waals surface area contributed by atoms with E-state index in [1.54, 1.807) is 6.07 Å². The Labute approximate surface area is 148 Å². The second-order valence-electron chi connectivity index (χ2n) is 7.43. The zero-order chi connectivity index (χ0) is 18.2. The van der Waals surface area contributed by atoms with Gasteiger partial charge in [-0.2, -0.15) is 0 Å². The third kappa shape index (κ3) is 3.42. The molecule has 0 aliphatic carbocycles. The fourth-order valence-electron chi connectivity index (χ4n) is 2.96. The Morgan fingerprint density at radius 3 is 2.36 bits per heavy atom.